The van der Waals surface area contributed by atoms with Crippen molar-refractivity contribution >= 4 is 33.4 Å². The third-order valence-electron chi connectivity index (χ3n) is 2.49. The summed E-state index contributed by atoms with van der Waals surface area (Å²) in [5.41, 5.74) is 5.17. The van der Waals surface area contributed by atoms with Crippen molar-refractivity contribution in [1.29, 1.82) is 0 Å². The Morgan fingerprint density at radius 1 is 1.62 bits per heavy atom. The summed E-state index contributed by atoms with van der Waals surface area (Å²) >= 11 is 9.43. The Bertz CT molecular complexity index is 411. The number of halogens is 2. The lowest BCUT2D eigenvalue weighted by atomic mass is 9.91. The molecule has 16 heavy (non-hydrogen) atoms. The predicted molar refractivity (Wildman–Crippen MR) is 69.4 cm³/mol. The van der Waals surface area contributed by atoms with Crippen LogP contribution in [-0.2, 0) is 10.3 Å². The van der Waals surface area contributed by atoms with Gasteiger partial charge in [-0.05, 0) is 31.2 Å². The van der Waals surface area contributed by atoms with Gasteiger partial charge in [-0.1, -0.05) is 40.5 Å². The van der Waals surface area contributed by atoms with E-state index in [9.17, 15) is 4.79 Å². The molecule has 0 aromatic heterocycles. The first-order valence-electron chi connectivity index (χ1n) is 4.92. The molecule has 1 amide bonds. The highest BCUT2D eigenvalue weighted by Gasteiger charge is 2.33. The number of nitrogens with two attached hydrogens (primary N) is 1. The van der Waals surface area contributed by atoms with Gasteiger partial charge in [0.05, 0.1) is 0 Å². The van der Waals surface area contributed by atoms with Crippen molar-refractivity contribution in [3.8, 4) is 0 Å². The van der Waals surface area contributed by atoms with Crippen molar-refractivity contribution in [2.24, 2.45) is 5.73 Å². The third kappa shape index (κ3) is 2.56. The number of amides is 1. The van der Waals surface area contributed by atoms with Crippen molar-refractivity contribution in [3.63, 3.8) is 0 Å². The summed E-state index contributed by atoms with van der Waals surface area (Å²) in [6, 6.07) is 5.37. The van der Waals surface area contributed by atoms with Crippen molar-refractivity contribution in [2.75, 3.05) is 6.54 Å². The lowest BCUT2D eigenvalue weighted by Gasteiger charge is -2.28. The molecular formula is C11H14BrClN2O. The van der Waals surface area contributed by atoms with E-state index in [4.69, 9.17) is 17.3 Å². The second kappa shape index (κ2) is 5.17. The van der Waals surface area contributed by atoms with Crippen LogP contribution in [0.4, 0.5) is 0 Å². The molecule has 0 spiro atoms. The van der Waals surface area contributed by atoms with Crippen LogP contribution < -0.4 is 11.1 Å². The maximum atomic E-state index is 11.5. The molecule has 1 unspecified atom stereocenters. The zero-order valence-electron chi connectivity index (χ0n) is 9.18. The van der Waals surface area contributed by atoms with Crippen LogP contribution in [0.1, 0.15) is 19.4 Å². The zero-order chi connectivity index (χ0) is 12.3. The highest BCUT2D eigenvalue weighted by Crippen LogP contribution is 2.30. The SMILES string of the molecule is CCNC(C)(C(N)=O)c1ccc(Br)cc1Cl. The average molecular weight is 306 g/mol. The fourth-order valence-corrected chi connectivity index (χ4v) is 2.43. The summed E-state index contributed by atoms with van der Waals surface area (Å²) in [5, 5.41) is 3.57. The van der Waals surface area contributed by atoms with E-state index in [1.54, 1.807) is 19.1 Å². The number of nitrogens with one attached hydrogen (secondary N) is 1. The minimum Gasteiger partial charge on any atom is -0.368 e. The fraction of sp³-hybridized carbons (Fsp3) is 0.364. The number of rotatable bonds is 4. The summed E-state index contributed by atoms with van der Waals surface area (Å²) in [6.45, 7) is 4.27. The van der Waals surface area contributed by atoms with Gasteiger partial charge in [-0.2, -0.15) is 0 Å². The largest absolute Gasteiger partial charge is 0.368 e. The van der Waals surface area contributed by atoms with E-state index in [0.717, 1.165) is 4.47 Å². The first-order chi connectivity index (χ1) is 7.41. The molecule has 3 nitrogen and oxygen atoms in total. The van der Waals surface area contributed by atoms with Gasteiger partial charge in [0.1, 0.15) is 5.54 Å². The second-order valence-corrected chi connectivity index (χ2v) is 4.97. The van der Waals surface area contributed by atoms with Gasteiger partial charge >= 0.3 is 0 Å². The normalized spacial score (nSPS) is 14.5. The monoisotopic (exact) mass is 304 g/mol. The lowest BCUT2D eigenvalue weighted by Crippen LogP contribution is -2.50. The molecule has 3 N–H and O–H groups in total. The van der Waals surface area contributed by atoms with Crippen molar-refractivity contribution in [3.05, 3.63) is 33.3 Å². The molecule has 0 saturated heterocycles. The molecule has 0 saturated carbocycles. The Hall–Kier alpha value is -0.580. The number of primary amides is 1. The Labute approximate surface area is 108 Å². The third-order valence-corrected chi connectivity index (χ3v) is 3.30. The minimum absolute atomic E-state index is 0.446. The fourth-order valence-electron chi connectivity index (χ4n) is 1.56. The molecule has 0 radical (unpaired) electrons. The Kier molecular flexibility index (Phi) is 4.35. The molecule has 0 aliphatic heterocycles. The van der Waals surface area contributed by atoms with Crippen molar-refractivity contribution in [1.82, 2.24) is 5.32 Å². The van der Waals surface area contributed by atoms with Gasteiger partial charge in [0.25, 0.3) is 0 Å². The van der Waals surface area contributed by atoms with Crippen LogP contribution in [-0.4, -0.2) is 12.5 Å². The first kappa shape index (κ1) is 13.5. The topological polar surface area (TPSA) is 55.1 Å². The molecule has 1 aromatic rings. The van der Waals surface area contributed by atoms with Gasteiger partial charge in [-0.3, -0.25) is 4.79 Å². The van der Waals surface area contributed by atoms with Crippen LogP contribution in [0.2, 0.25) is 5.02 Å². The Morgan fingerprint density at radius 3 is 2.69 bits per heavy atom. The predicted octanol–water partition coefficient (Wildman–Crippen LogP) is 2.41. The van der Waals surface area contributed by atoms with Gasteiger partial charge in [0.15, 0.2) is 0 Å². The van der Waals surface area contributed by atoms with Gasteiger partial charge < -0.3 is 11.1 Å². The van der Waals surface area contributed by atoms with E-state index < -0.39 is 11.4 Å². The zero-order valence-corrected chi connectivity index (χ0v) is 11.5. The van der Waals surface area contributed by atoms with E-state index in [1.807, 2.05) is 13.0 Å². The minimum atomic E-state index is -0.938. The van der Waals surface area contributed by atoms with Crippen molar-refractivity contribution in [2.45, 2.75) is 19.4 Å². The molecule has 0 fully saturated rings. The van der Waals surface area contributed by atoms with Crippen LogP contribution in [0.25, 0.3) is 0 Å². The first-order valence-corrected chi connectivity index (χ1v) is 6.09. The molecule has 1 aromatic carbocycles. The summed E-state index contributed by atoms with van der Waals surface area (Å²) in [6.07, 6.45) is 0. The van der Waals surface area contributed by atoms with E-state index >= 15 is 0 Å². The molecule has 1 rings (SSSR count). The van der Waals surface area contributed by atoms with E-state index in [0.29, 0.717) is 17.1 Å². The number of hydrogen-bond acceptors (Lipinski definition) is 2. The van der Waals surface area contributed by atoms with Crippen LogP contribution in [0.15, 0.2) is 22.7 Å². The number of carbonyl (C=O) groups excluding carboxylic acids is 1. The van der Waals surface area contributed by atoms with Gasteiger partial charge in [0.2, 0.25) is 5.91 Å². The molecule has 0 bridgehead atoms. The molecular weight excluding hydrogens is 291 g/mol. The highest BCUT2D eigenvalue weighted by molar-refractivity contribution is 9.10. The summed E-state index contributed by atoms with van der Waals surface area (Å²) in [4.78, 5) is 11.5. The van der Waals surface area contributed by atoms with E-state index in [1.165, 1.54) is 0 Å². The average Bonchev–Trinajstić information content (AvgIpc) is 2.17. The van der Waals surface area contributed by atoms with Crippen LogP contribution in [0.3, 0.4) is 0 Å². The van der Waals surface area contributed by atoms with Gasteiger partial charge in [0, 0.05) is 9.50 Å². The smallest absolute Gasteiger partial charge is 0.242 e. The molecule has 0 heterocycles. The van der Waals surface area contributed by atoms with E-state index in [2.05, 4.69) is 21.2 Å². The van der Waals surface area contributed by atoms with Crippen LogP contribution >= 0.6 is 27.5 Å². The number of likely N-dealkylation sites (N-methyl/N-ethyl adjacent to an activating group) is 1. The van der Waals surface area contributed by atoms with Crippen LogP contribution in [0, 0.1) is 0 Å². The van der Waals surface area contributed by atoms with Crippen LogP contribution in [0.5, 0.6) is 0 Å². The summed E-state index contributed by atoms with van der Waals surface area (Å²) < 4.78 is 0.865. The highest BCUT2D eigenvalue weighted by atomic mass is 79.9. The quantitative estimate of drug-likeness (QED) is 0.897. The molecule has 1 atom stereocenters. The Balaban J connectivity index is 3.26. The molecule has 0 aliphatic rings. The maximum absolute atomic E-state index is 11.5. The molecule has 5 heteroatoms. The second-order valence-electron chi connectivity index (χ2n) is 3.64. The summed E-state index contributed by atoms with van der Waals surface area (Å²) in [7, 11) is 0. The molecule has 88 valence electrons. The number of hydrogen-bond donors (Lipinski definition) is 2. The summed E-state index contributed by atoms with van der Waals surface area (Å²) in [5.74, 6) is -0.446. The Morgan fingerprint density at radius 2 is 2.25 bits per heavy atom. The lowest BCUT2D eigenvalue weighted by molar-refractivity contribution is -0.124. The van der Waals surface area contributed by atoms with Gasteiger partial charge in [-0.15, -0.1) is 0 Å². The van der Waals surface area contributed by atoms with Crippen molar-refractivity contribution < 1.29 is 4.79 Å². The number of benzene rings is 1. The van der Waals surface area contributed by atoms with E-state index in [-0.39, 0.29) is 0 Å². The standard InChI is InChI=1S/C11H14BrClN2O/c1-3-15-11(2,10(14)16)8-5-4-7(12)6-9(8)13/h4-6,15H,3H2,1-2H3,(H2,14,16). The maximum Gasteiger partial charge on any atom is 0.242 e. The molecule has 0 aliphatic carbocycles. The number of carbonyl (C=O) groups is 1. The van der Waals surface area contributed by atoms with Gasteiger partial charge in [-0.25, -0.2) is 0 Å².